The molecule has 1 atom stereocenters. The first-order chi connectivity index (χ1) is 28.1. The van der Waals surface area contributed by atoms with Crippen LogP contribution in [0.4, 0.5) is 10.5 Å². The number of fused-ring (bicyclic) bond motifs is 1. The number of amides is 3. The van der Waals surface area contributed by atoms with Gasteiger partial charge in [0.05, 0.1) is 17.3 Å². The molecule has 0 spiro atoms. The van der Waals surface area contributed by atoms with Gasteiger partial charge in [-0.2, -0.15) is 5.10 Å². The zero-order chi connectivity index (χ0) is 40.8. The molecule has 2 saturated heterocycles. The van der Waals surface area contributed by atoms with Crippen molar-refractivity contribution in [2.24, 2.45) is 0 Å². The number of hydrogen-bond acceptors (Lipinski definition) is 8. The van der Waals surface area contributed by atoms with Gasteiger partial charge in [0.25, 0.3) is 11.8 Å². The molecule has 304 valence electrons. The Bertz CT molecular complexity index is 2280. The van der Waals surface area contributed by atoms with E-state index in [0.717, 1.165) is 75.2 Å². The van der Waals surface area contributed by atoms with Crippen LogP contribution in [0.2, 0.25) is 0 Å². The van der Waals surface area contributed by atoms with Gasteiger partial charge in [0, 0.05) is 93.5 Å². The minimum atomic E-state index is -0.865. The Balaban J connectivity index is 1.00. The summed E-state index contributed by atoms with van der Waals surface area (Å²) in [5.74, 6) is -0.546. The van der Waals surface area contributed by atoms with Crippen molar-refractivity contribution in [1.29, 1.82) is 0 Å². The minimum absolute atomic E-state index is 0.0578. The molecule has 0 saturated carbocycles. The largest absolute Gasteiger partial charge is 0.465 e. The highest BCUT2D eigenvalue weighted by atomic mass is 16.5. The molecule has 13 heteroatoms. The number of anilines is 1. The van der Waals surface area contributed by atoms with Gasteiger partial charge < -0.3 is 30.7 Å². The summed E-state index contributed by atoms with van der Waals surface area (Å²) >= 11 is 0. The van der Waals surface area contributed by atoms with Crippen molar-refractivity contribution in [2.75, 3.05) is 38.2 Å². The van der Waals surface area contributed by atoms with Gasteiger partial charge in [0.1, 0.15) is 0 Å². The van der Waals surface area contributed by atoms with Crippen LogP contribution in [0, 0.1) is 6.92 Å². The number of benzene rings is 3. The van der Waals surface area contributed by atoms with Crippen LogP contribution in [-0.2, 0) is 37.3 Å². The van der Waals surface area contributed by atoms with Crippen LogP contribution < -0.4 is 16.0 Å². The zero-order valence-electron chi connectivity index (χ0n) is 33.9. The summed E-state index contributed by atoms with van der Waals surface area (Å²) in [7, 11) is 0. The molecule has 2 aliphatic rings. The number of pyridine rings is 1. The van der Waals surface area contributed by atoms with Gasteiger partial charge in [0.2, 0.25) is 0 Å². The van der Waals surface area contributed by atoms with E-state index in [1.165, 1.54) is 4.90 Å². The molecule has 3 aromatic carbocycles. The maximum absolute atomic E-state index is 13.6. The Morgan fingerprint density at radius 2 is 1.64 bits per heavy atom. The second-order valence-electron chi connectivity index (χ2n) is 15.4. The van der Waals surface area contributed by atoms with Gasteiger partial charge in [-0.25, -0.2) is 14.5 Å². The Kier molecular flexibility index (Phi) is 12.7. The van der Waals surface area contributed by atoms with Crippen LogP contribution in [0.25, 0.3) is 22.2 Å². The predicted octanol–water partition coefficient (Wildman–Crippen LogP) is 6.62. The summed E-state index contributed by atoms with van der Waals surface area (Å²) in [4.78, 5) is 47.4. The quantitative estimate of drug-likeness (QED) is 0.103. The topological polar surface area (TPSA) is 154 Å². The van der Waals surface area contributed by atoms with E-state index < -0.39 is 6.09 Å². The van der Waals surface area contributed by atoms with Gasteiger partial charge >= 0.3 is 6.09 Å². The number of carbonyl (C=O) groups excluding carboxylic acids is 2. The monoisotopic (exact) mass is 786 g/mol. The van der Waals surface area contributed by atoms with Crippen molar-refractivity contribution in [1.82, 2.24) is 35.2 Å². The normalized spacial score (nSPS) is 16.3. The zero-order valence-corrected chi connectivity index (χ0v) is 33.9. The van der Waals surface area contributed by atoms with Crippen LogP contribution >= 0.6 is 0 Å². The highest BCUT2D eigenvalue weighted by molar-refractivity contribution is 6.00. The first kappa shape index (κ1) is 40.4. The smallest absolute Gasteiger partial charge is 0.407 e. The van der Waals surface area contributed by atoms with E-state index in [0.29, 0.717) is 63.5 Å². The van der Waals surface area contributed by atoms with Crippen LogP contribution in [0.15, 0.2) is 72.9 Å². The summed E-state index contributed by atoms with van der Waals surface area (Å²) in [6, 6.07) is 21.6. The number of carboxylic acid groups (broad SMARTS) is 1. The predicted molar refractivity (Wildman–Crippen MR) is 225 cm³/mol. The lowest BCUT2D eigenvalue weighted by Gasteiger charge is -2.38. The molecule has 2 aliphatic heterocycles. The molecular weight excluding hydrogens is 733 g/mol. The molecule has 0 radical (unpaired) electrons. The van der Waals surface area contributed by atoms with Crippen molar-refractivity contribution in [2.45, 2.75) is 85.2 Å². The summed E-state index contributed by atoms with van der Waals surface area (Å²) in [5, 5.41) is 24.9. The highest BCUT2D eigenvalue weighted by Gasteiger charge is 2.27. The second kappa shape index (κ2) is 18.2. The number of nitrogens with one attached hydrogen (secondary N) is 3. The van der Waals surface area contributed by atoms with Crippen molar-refractivity contribution >= 4 is 34.6 Å². The Morgan fingerprint density at radius 1 is 0.897 bits per heavy atom. The molecule has 0 unspecified atom stereocenters. The molecule has 4 N–H and O–H groups in total. The van der Waals surface area contributed by atoms with E-state index in [9.17, 15) is 19.5 Å². The van der Waals surface area contributed by atoms with Gasteiger partial charge in [0.15, 0.2) is 5.65 Å². The Morgan fingerprint density at radius 3 is 2.34 bits per heavy atom. The van der Waals surface area contributed by atoms with Gasteiger partial charge in [-0.15, -0.1) is 0 Å². The van der Waals surface area contributed by atoms with Crippen LogP contribution in [0.1, 0.15) is 82.3 Å². The maximum Gasteiger partial charge on any atom is 0.407 e. The van der Waals surface area contributed by atoms with E-state index in [-0.39, 0.29) is 30.4 Å². The third-order valence-corrected chi connectivity index (χ3v) is 11.3. The molecule has 5 aromatic rings. The van der Waals surface area contributed by atoms with Gasteiger partial charge in [-0.3, -0.25) is 14.5 Å². The molecule has 7 rings (SSSR count). The van der Waals surface area contributed by atoms with Crippen molar-refractivity contribution < 1.29 is 24.2 Å². The number of ether oxygens (including phenoxy) is 1. The number of hydrogen-bond donors (Lipinski definition) is 4. The fraction of sp³-hybridized carbons (Fsp3) is 0.400. The molecule has 58 heavy (non-hydrogen) atoms. The molecule has 4 heterocycles. The third-order valence-electron chi connectivity index (χ3n) is 11.3. The average molecular weight is 787 g/mol. The molecule has 0 bridgehead atoms. The first-order valence-electron chi connectivity index (χ1n) is 20.4. The lowest BCUT2D eigenvalue weighted by Crippen LogP contribution is -2.53. The van der Waals surface area contributed by atoms with E-state index in [1.807, 2.05) is 30.8 Å². The highest BCUT2D eigenvalue weighted by Crippen LogP contribution is 2.32. The van der Waals surface area contributed by atoms with Crippen LogP contribution in [0.5, 0.6) is 0 Å². The average Bonchev–Trinajstić information content (AvgIpc) is 3.66. The van der Waals surface area contributed by atoms with E-state index in [4.69, 9.17) is 9.72 Å². The molecule has 3 amide bonds. The standard InChI is InChI=1S/C45H54N8O5/c1-5-40-38(41(49-36-15-19-58-20-16-36)39-26-48-53(6-2)42(39)50-40)25-47-44(55)35-12-8-11-34(23-35)43(54)46-24-31-14-13-29(3)37(22-31)33-10-7-9-32(21-33)28-51-17-18-52(45(56)57)30(4)27-51/h7-14,21-23,26,30,36H,5-6,15-20,24-25,27-28H2,1-4H3,(H,46,54)(H,47,55)(H,49,50)(H,56,57)/t30-/m0/s1. The van der Waals surface area contributed by atoms with Gasteiger partial charge in [-0.1, -0.05) is 43.3 Å². The van der Waals surface area contributed by atoms with E-state index in [1.54, 1.807) is 24.3 Å². The van der Waals surface area contributed by atoms with Crippen LogP contribution in [-0.4, -0.2) is 92.5 Å². The summed E-state index contributed by atoms with van der Waals surface area (Å²) in [5.41, 5.74) is 9.84. The van der Waals surface area contributed by atoms with Crippen molar-refractivity contribution in [3.63, 3.8) is 0 Å². The number of aryl methyl sites for hydroxylation is 3. The molecule has 13 nitrogen and oxygen atoms in total. The lowest BCUT2D eigenvalue weighted by molar-refractivity contribution is 0.0711. The molecule has 2 fully saturated rings. The first-order valence-corrected chi connectivity index (χ1v) is 20.4. The molecule has 2 aromatic heterocycles. The number of nitrogens with zero attached hydrogens (tertiary/aromatic N) is 5. The second-order valence-corrected chi connectivity index (χ2v) is 15.4. The number of aromatic nitrogens is 3. The number of rotatable bonds is 13. The van der Waals surface area contributed by atoms with Gasteiger partial charge in [-0.05, 0) is 98.2 Å². The minimum Gasteiger partial charge on any atom is -0.465 e. The molecular formula is C45H54N8O5. The summed E-state index contributed by atoms with van der Waals surface area (Å²) in [6.45, 7) is 13.5. The summed E-state index contributed by atoms with van der Waals surface area (Å²) < 4.78 is 7.50. The van der Waals surface area contributed by atoms with Crippen molar-refractivity contribution in [3.05, 3.63) is 112 Å². The van der Waals surface area contributed by atoms with E-state index in [2.05, 4.69) is 76.2 Å². The Labute approximate surface area is 339 Å². The number of piperazine rings is 1. The maximum atomic E-state index is 13.6. The van der Waals surface area contributed by atoms with E-state index >= 15 is 0 Å². The van der Waals surface area contributed by atoms with Crippen molar-refractivity contribution in [3.8, 4) is 11.1 Å². The summed E-state index contributed by atoms with van der Waals surface area (Å²) in [6.07, 6.45) is 3.47. The lowest BCUT2D eigenvalue weighted by atomic mass is 9.96. The number of carbonyl (C=O) groups is 3. The Hall–Kier alpha value is -5.79. The third kappa shape index (κ3) is 9.16. The molecule has 0 aliphatic carbocycles. The fourth-order valence-electron chi connectivity index (χ4n) is 8.10. The van der Waals surface area contributed by atoms with Crippen LogP contribution in [0.3, 0.4) is 0 Å². The SMILES string of the molecule is CCc1nc2c(cnn2CC)c(NC2CCOCC2)c1CNC(=O)c1cccc(C(=O)NCc2ccc(C)c(-c3cccc(CN4CCN(C(=O)O)[C@@H](C)C4)c3)c2)c1. The fourth-order valence-corrected chi connectivity index (χ4v) is 8.10.